The van der Waals surface area contributed by atoms with Crippen LogP contribution in [0.15, 0.2) is 62.3 Å². The SMILES string of the molecule is C=CCNC(=O)C1=C(C)Nc2c(c(=O)n(C)c(=O)n2C)C1c1ccc(Br)cc1. The number of carbonyl (C=O) groups excluding carboxylic acids is 1. The summed E-state index contributed by atoms with van der Waals surface area (Å²) in [5.41, 5.74) is 1.31. The molecule has 1 aromatic heterocycles. The first-order valence-electron chi connectivity index (χ1n) is 8.70. The molecule has 3 rings (SSSR count). The molecule has 0 aliphatic carbocycles. The lowest BCUT2D eigenvalue weighted by Crippen LogP contribution is -2.44. The summed E-state index contributed by atoms with van der Waals surface area (Å²) in [6.07, 6.45) is 1.59. The van der Waals surface area contributed by atoms with E-state index in [0.717, 1.165) is 14.6 Å². The Balaban J connectivity index is 2.33. The lowest BCUT2D eigenvalue weighted by molar-refractivity contribution is -0.117. The van der Waals surface area contributed by atoms with Crippen LogP contribution in [0, 0.1) is 0 Å². The molecule has 2 N–H and O–H groups in total. The molecule has 0 saturated carbocycles. The first-order valence-corrected chi connectivity index (χ1v) is 9.49. The molecule has 0 saturated heterocycles. The Labute approximate surface area is 170 Å². The average molecular weight is 445 g/mol. The van der Waals surface area contributed by atoms with E-state index in [0.29, 0.717) is 29.2 Å². The van der Waals surface area contributed by atoms with Gasteiger partial charge >= 0.3 is 5.69 Å². The van der Waals surface area contributed by atoms with E-state index in [1.165, 1.54) is 11.6 Å². The fourth-order valence-electron chi connectivity index (χ4n) is 3.44. The lowest BCUT2D eigenvalue weighted by atomic mass is 9.82. The molecule has 1 unspecified atom stereocenters. The van der Waals surface area contributed by atoms with Crippen LogP contribution in [0.1, 0.15) is 24.0 Å². The smallest absolute Gasteiger partial charge is 0.332 e. The third-order valence-corrected chi connectivity index (χ3v) is 5.37. The molecule has 2 aromatic rings. The molecule has 28 heavy (non-hydrogen) atoms. The van der Waals surface area contributed by atoms with Gasteiger partial charge in [-0.2, -0.15) is 0 Å². The van der Waals surface area contributed by atoms with Crippen molar-refractivity contribution in [3.05, 3.63) is 84.6 Å². The van der Waals surface area contributed by atoms with E-state index in [9.17, 15) is 14.4 Å². The lowest BCUT2D eigenvalue weighted by Gasteiger charge is -2.31. The number of benzene rings is 1. The van der Waals surface area contributed by atoms with Crippen LogP contribution in [0.25, 0.3) is 0 Å². The normalized spacial score (nSPS) is 15.6. The van der Waals surface area contributed by atoms with Crippen molar-refractivity contribution in [1.82, 2.24) is 14.5 Å². The summed E-state index contributed by atoms with van der Waals surface area (Å²) >= 11 is 3.41. The summed E-state index contributed by atoms with van der Waals surface area (Å²) in [4.78, 5) is 38.4. The maximum absolute atomic E-state index is 13.1. The highest BCUT2D eigenvalue weighted by Gasteiger charge is 2.36. The van der Waals surface area contributed by atoms with Gasteiger partial charge in [-0.1, -0.05) is 34.1 Å². The number of nitrogens with one attached hydrogen (secondary N) is 2. The van der Waals surface area contributed by atoms with E-state index in [1.807, 2.05) is 24.3 Å². The predicted octanol–water partition coefficient (Wildman–Crippen LogP) is 1.98. The minimum absolute atomic E-state index is 0.292. The standard InChI is InChI=1S/C20H21BrN4O3/c1-5-10-22-18(26)14-11(2)23-17-16(19(27)25(4)20(28)24(17)3)15(14)12-6-8-13(21)9-7-12/h5-9,15,23H,1,10H2,2-4H3,(H,22,26). The zero-order chi connectivity index (χ0) is 20.6. The number of aromatic nitrogens is 2. The molecule has 1 aromatic carbocycles. The van der Waals surface area contributed by atoms with Crippen molar-refractivity contribution < 1.29 is 4.79 Å². The van der Waals surface area contributed by atoms with Crippen LogP contribution in [-0.2, 0) is 18.9 Å². The van der Waals surface area contributed by atoms with Crippen LogP contribution in [0.3, 0.4) is 0 Å². The molecule has 0 fully saturated rings. The number of hydrogen-bond donors (Lipinski definition) is 2. The Kier molecular flexibility index (Phi) is 5.42. The van der Waals surface area contributed by atoms with Crippen molar-refractivity contribution in [1.29, 1.82) is 0 Å². The first-order chi connectivity index (χ1) is 13.3. The van der Waals surface area contributed by atoms with Gasteiger partial charge in [-0.3, -0.25) is 18.7 Å². The van der Waals surface area contributed by atoms with E-state index in [2.05, 4.69) is 33.1 Å². The van der Waals surface area contributed by atoms with Crippen LogP contribution in [0.5, 0.6) is 0 Å². The number of nitrogens with zero attached hydrogens (tertiary/aromatic N) is 2. The van der Waals surface area contributed by atoms with Crippen LogP contribution in [0.4, 0.5) is 5.82 Å². The Morgan fingerprint density at radius 1 is 1.25 bits per heavy atom. The van der Waals surface area contributed by atoms with Gasteiger partial charge in [0, 0.05) is 36.4 Å². The monoisotopic (exact) mass is 444 g/mol. The number of fused-ring (bicyclic) bond motifs is 1. The Morgan fingerprint density at radius 3 is 2.50 bits per heavy atom. The van der Waals surface area contributed by atoms with Gasteiger partial charge in [-0.15, -0.1) is 6.58 Å². The highest BCUT2D eigenvalue weighted by Crippen LogP contribution is 2.39. The largest absolute Gasteiger partial charge is 0.349 e. The van der Waals surface area contributed by atoms with Crippen molar-refractivity contribution in [2.45, 2.75) is 12.8 Å². The zero-order valence-corrected chi connectivity index (χ0v) is 17.5. The van der Waals surface area contributed by atoms with Gasteiger partial charge in [0.25, 0.3) is 5.56 Å². The molecular formula is C20H21BrN4O3. The highest BCUT2D eigenvalue weighted by atomic mass is 79.9. The van der Waals surface area contributed by atoms with Gasteiger partial charge in [-0.25, -0.2) is 4.79 Å². The zero-order valence-electron chi connectivity index (χ0n) is 15.9. The van der Waals surface area contributed by atoms with Crippen molar-refractivity contribution in [2.24, 2.45) is 14.1 Å². The number of amides is 1. The van der Waals surface area contributed by atoms with Gasteiger partial charge in [0.15, 0.2) is 0 Å². The molecule has 0 radical (unpaired) electrons. The molecule has 0 bridgehead atoms. The first kappa shape index (κ1) is 19.9. The second-order valence-corrected chi connectivity index (χ2v) is 7.53. The van der Waals surface area contributed by atoms with E-state index in [1.54, 1.807) is 20.0 Å². The molecule has 1 aliphatic heterocycles. The fourth-order valence-corrected chi connectivity index (χ4v) is 3.70. The Hall–Kier alpha value is -2.87. The maximum atomic E-state index is 13.1. The maximum Gasteiger partial charge on any atom is 0.332 e. The number of rotatable bonds is 4. The molecule has 0 spiro atoms. The summed E-state index contributed by atoms with van der Waals surface area (Å²) in [6.45, 7) is 5.69. The molecule has 146 valence electrons. The average Bonchev–Trinajstić information content (AvgIpc) is 2.68. The minimum atomic E-state index is -0.611. The summed E-state index contributed by atoms with van der Waals surface area (Å²) in [7, 11) is 3.04. The number of hydrogen-bond acceptors (Lipinski definition) is 4. The molecule has 8 heteroatoms. The van der Waals surface area contributed by atoms with Crippen LogP contribution in [0.2, 0.25) is 0 Å². The van der Waals surface area contributed by atoms with Gasteiger partial charge < -0.3 is 10.6 Å². The minimum Gasteiger partial charge on any atom is -0.349 e. The molecular weight excluding hydrogens is 424 g/mol. The summed E-state index contributed by atoms with van der Waals surface area (Å²) in [6, 6.07) is 7.45. The van der Waals surface area contributed by atoms with Crippen molar-refractivity contribution >= 4 is 27.7 Å². The fraction of sp³-hybridized carbons (Fsp3) is 0.250. The van der Waals surface area contributed by atoms with Crippen LogP contribution in [-0.4, -0.2) is 21.6 Å². The van der Waals surface area contributed by atoms with Gasteiger partial charge in [0.2, 0.25) is 5.91 Å². The number of carbonyl (C=O) groups is 1. The van der Waals surface area contributed by atoms with Gasteiger partial charge in [0.1, 0.15) is 5.82 Å². The Bertz CT molecular complexity index is 1110. The second kappa shape index (κ2) is 7.63. The predicted molar refractivity (Wildman–Crippen MR) is 112 cm³/mol. The molecule has 1 atom stereocenters. The molecule has 1 aliphatic rings. The Morgan fingerprint density at radius 2 is 1.89 bits per heavy atom. The quantitative estimate of drug-likeness (QED) is 0.705. The summed E-state index contributed by atoms with van der Waals surface area (Å²) in [5, 5.41) is 5.88. The molecule has 1 amide bonds. The number of allylic oxidation sites excluding steroid dienone is 1. The van der Waals surface area contributed by atoms with E-state index < -0.39 is 17.2 Å². The molecule has 2 heterocycles. The summed E-state index contributed by atoms with van der Waals surface area (Å²) in [5.74, 6) is -0.502. The van der Waals surface area contributed by atoms with Crippen LogP contribution >= 0.6 is 15.9 Å². The van der Waals surface area contributed by atoms with Gasteiger partial charge in [-0.05, 0) is 24.6 Å². The van der Waals surface area contributed by atoms with Crippen molar-refractivity contribution in [3.63, 3.8) is 0 Å². The van der Waals surface area contributed by atoms with Crippen molar-refractivity contribution in [2.75, 3.05) is 11.9 Å². The third kappa shape index (κ3) is 3.24. The van der Waals surface area contributed by atoms with Gasteiger partial charge in [0.05, 0.1) is 11.5 Å². The van der Waals surface area contributed by atoms with Crippen molar-refractivity contribution in [3.8, 4) is 0 Å². The second-order valence-electron chi connectivity index (χ2n) is 6.61. The topological polar surface area (TPSA) is 85.1 Å². The van der Waals surface area contributed by atoms with Crippen LogP contribution < -0.4 is 21.9 Å². The van der Waals surface area contributed by atoms with E-state index in [4.69, 9.17) is 0 Å². The van der Waals surface area contributed by atoms with E-state index in [-0.39, 0.29) is 5.91 Å². The number of anilines is 1. The molecule has 7 nitrogen and oxygen atoms in total. The van der Waals surface area contributed by atoms with E-state index >= 15 is 0 Å². The third-order valence-electron chi connectivity index (χ3n) is 4.84. The highest BCUT2D eigenvalue weighted by molar-refractivity contribution is 9.10. The summed E-state index contributed by atoms with van der Waals surface area (Å²) < 4.78 is 3.34. The number of halogens is 1.